The average molecular weight is 959 g/mol. The lowest BCUT2D eigenvalue weighted by Crippen LogP contribution is -2.11. The van der Waals surface area contributed by atoms with Crippen molar-refractivity contribution in [3.05, 3.63) is 73.2 Å². The largest absolute Gasteiger partial charge is 0.481 e. The molecule has 8 bridgehead atoms. The lowest BCUT2D eigenvalue weighted by atomic mass is 9.95. The van der Waals surface area contributed by atoms with Gasteiger partial charge in [-0.2, -0.15) is 0 Å². The quantitative estimate of drug-likeness (QED) is 0.0283. The number of hydrogen-bond donors (Lipinski definition) is 11. The highest BCUT2D eigenvalue weighted by atomic mass is 16.4. The first-order valence-corrected chi connectivity index (χ1v) is 22.5. The number of carboxylic acids is 8. The molecule has 0 atom stereocenters. The van der Waals surface area contributed by atoms with E-state index in [1.165, 1.54) is 12.1 Å². The summed E-state index contributed by atoms with van der Waals surface area (Å²) in [4.78, 5) is 126. The first kappa shape index (κ1) is 52.1. The third-order valence-electron chi connectivity index (χ3n) is 11.9. The average Bonchev–Trinajstić information content (AvgIpc) is 3.95. The molecule has 0 saturated carbocycles. The molecule has 1 aliphatic rings. The number of nitrogens with one attached hydrogen (secondary N) is 3. The van der Waals surface area contributed by atoms with Crippen LogP contribution >= 0.6 is 0 Å². The van der Waals surface area contributed by atoms with Crippen LogP contribution in [-0.2, 0) is 76.9 Å². The van der Waals surface area contributed by atoms with Gasteiger partial charge in [-0.1, -0.05) is 0 Å². The summed E-state index contributed by atoms with van der Waals surface area (Å²) in [5.41, 5.74) is 1.48. The van der Waals surface area contributed by atoms with Gasteiger partial charge in [-0.15, -0.1) is 0 Å². The number of carbonyl (C=O) groups is 8. The van der Waals surface area contributed by atoms with Crippen molar-refractivity contribution in [2.75, 3.05) is 0 Å². The van der Waals surface area contributed by atoms with Crippen LogP contribution < -0.4 is 5.43 Å². The van der Waals surface area contributed by atoms with Crippen molar-refractivity contribution in [3.63, 3.8) is 0 Å². The van der Waals surface area contributed by atoms with Crippen molar-refractivity contribution in [1.82, 2.24) is 19.9 Å². The standard InChI is InChI=1S/C48H54N4O17/c53-38(54)13-5-1-9-24-28(17-42(61)62)35-23-36-29(18-43(63)64)25(10-2-6-14-39(55)56)33(50-36)22-37-30(19-44(65)66)27(12-4-8-16-41(59)60)46(52-37)48(69)47-31(20-45(67)68)26(11-3-7-15-40(57)58)34(51-47)21-32(24)49-35/h21-23,49-51H,1-20H2,(H,53,54)(H,55,56)(H,57,58)(H,59,60)(H,61,62)(H,63,64)(H,65,66)(H,67,68). The first-order valence-electron chi connectivity index (χ1n) is 22.5. The van der Waals surface area contributed by atoms with E-state index in [0.717, 1.165) is 0 Å². The Kier molecular flexibility index (Phi) is 17.9. The number of allylic oxidation sites excluding steroid dienone is 1. The summed E-state index contributed by atoms with van der Waals surface area (Å²) >= 11 is 0. The molecule has 21 heteroatoms. The molecule has 0 fully saturated rings. The van der Waals surface area contributed by atoms with Crippen LogP contribution in [0.25, 0.3) is 44.2 Å². The van der Waals surface area contributed by atoms with Gasteiger partial charge in [0.15, 0.2) is 0 Å². The maximum Gasteiger partial charge on any atom is 0.307 e. The zero-order valence-corrected chi connectivity index (χ0v) is 37.6. The van der Waals surface area contributed by atoms with Gasteiger partial charge in [0.25, 0.3) is 0 Å². The predicted octanol–water partition coefficient (Wildman–Crippen LogP) is 6.19. The van der Waals surface area contributed by atoms with E-state index in [1.54, 1.807) is 6.07 Å². The van der Waals surface area contributed by atoms with Gasteiger partial charge in [0.05, 0.1) is 36.9 Å². The monoisotopic (exact) mass is 958 g/mol. The Bertz CT molecular complexity index is 2920. The third kappa shape index (κ3) is 14.1. The number of carboxylic acid groups (broad SMARTS) is 8. The van der Waals surface area contributed by atoms with Crippen LogP contribution in [0.3, 0.4) is 0 Å². The van der Waals surface area contributed by atoms with Crippen LogP contribution in [0.4, 0.5) is 0 Å². The van der Waals surface area contributed by atoms with E-state index >= 15 is 4.79 Å². The number of H-pyrrole nitrogens is 3. The third-order valence-corrected chi connectivity index (χ3v) is 11.9. The maximum absolute atomic E-state index is 15.2. The topological polar surface area (TPSA) is 376 Å². The van der Waals surface area contributed by atoms with Crippen molar-refractivity contribution >= 4 is 92.0 Å². The van der Waals surface area contributed by atoms with Crippen molar-refractivity contribution in [1.29, 1.82) is 0 Å². The van der Waals surface area contributed by atoms with Crippen molar-refractivity contribution in [3.8, 4) is 0 Å². The Balaban J connectivity index is 2.06. The number of unbranched alkanes of at least 4 members (excludes halogenated alkanes) is 4. The Morgan fingerprint density at radius 2 is 0.725 bits per heavy atom. The van der Waals surface area contributed by atoms with E-state index in [1.807, 2.05) is 0 Å². The normalized spacial score (nSPS) is 11.8. The molecule has 368 valence electrons. The summed E-state index contributed by atoms with van der Waals surface area (Å²) in [5, 5.41) is 78.5. The highest BCUT2D eigenvalue weighted by Crippen LogP contribution is 2.37. The summed E-state index contributed by atoms with van der Waals surface area (Å²) in [7, 11) is 0. The smallest absolute Gasteiger partial charge is 0.307 e. The molecule has 11 N–H and O–H groups in total. The molecule has 0 amide bonds. The molecule has 5 rings (SSSR count). The summed E-state index contributed by atoms with van der Waals surface area (Å²) in [6, 6.07) is 4.49. The number of aromatic amines is 3. The Morgan fingerprint density at radius 3 is 1.13 bits per heavy atom. The fourth-order valence-corrected chi connectivity index (χ4v) is 8.89. The van der Waals surface area contributed by atoms with Crippen molar-refractivity contribution in [2.24, 2.45) is 0 Å². The van der Waals surface area contributed by atoms with Crippen LogP contribution in [0, 0.1) is 0 Å². The Labute approximate surface area is 391 Å². The molecule has 0 saturated heterocycles. The molecule has 0 spiro atoms. The molecular formula is C48H54N4O17. The summed E-state index contributed by atoms with van der Waals surface area (Å²) in [6.07, 6.45) is -1.60. The maximum atomic E-state index is 15.2. The van der Waals surface area contributed by atoms with Crippen LogP contribution in [0.1, 0.15) is 135 Å². The fraction of sp³-hybridized carbons (Fsp3) is 0.417. The molecule has 0 radical (unpaired) electrons. The van der Waals surface area contributed by atoms with Crippen LogP contribution in [-0.4, -0.2) is 109 Å². The highest BCUT2D eigenvalue weighted by Gasteiger charge is 2.28. The fourth-order valence-electron chi connectivity index (χ4n) is 8.89. The van der Waals surface area contributed by atoms with Crippen LogP contribution in [0.15, 0.2) is 23.0 Å². The molecule has 0 aromatic carbocycles. The molecule has 0 unspecified atom stereocenters. The van der Waals surface area contributed by atoms with Gasteiger partial charge in [0, 0.05) is 53.3 Å². The second-order valence-electron chi connectivity index (χ2n) is 16.9. The van der Waals surface area contributed by atoms with Gasteiger partial charge in [-0.05, 0) is 140 Å². The number of fused-ring (bicyclic) bond motifs is 8. The van der Waals surface area contributed by atoms with Crippen molar-refractivity contribution < 1.29 is 79.2 Å². The lowest BCUT2D eigenvalue weighted by Gasteiger charge is -2.07. The minimum Gasteiger partial charge on any atom is -0.481 e. The predicted molar refractivity (Wildman–Crippen MR) is 247 cm³/mol. The van der Waals surface area contributed by atoms with E-state index < -0.39 is 78.9 Å². The number of hydrogen-bond acceptors (Lipinski definition) is 10. The molecule has 5 heterocycles. The number of aromatic nitrogens is 4. The zero-order valence-electron chi connectivity index (χ0n) is 37.6. The highest BCUT2D eigenvalue weighted by molar-refractivity contribution is 6.00. The van der Waals surface area contributed by atoms with Gasteiger partial charge in [-0.25, -0.2) is 4.98 Å². The first-order chi connectivity index (χ1) is 32.7. The van der Waals surface area contributed by atoms with E-state index in [9.17, 15) is 79.2 Å². The van der Waals surface area contributed by atoms with Crippen molar-refractivity contribution in [2.45, 2.75) is 128 Å². The minimum atomic E-state index is -1.34. The van der Waals surface area contributed by atoms with E-state index in [0.29, 0.717) is 16.7 Å². The number of rotatable bonds is 28. The minimum absolute atomic E-state index is 0.0196. The van der Waals surface area contributed by atoms with Gasteiger partial charge < -0.3 is 55.8 Å². The molecule has 69 heavy (non-hydrogen) atoms. The summed E-state index contributed by atoms with van der Waals surface area (Å²) in [5.74, 6) is -9.45. The number of nitrogens with zero attached hydrogens (tertiary/aromatic N) is 1. The van der Waals surface area contributed by atoms with Gasteiger partial charge in [0.1, 0.15) is 5.69 Å². The van der Waals surface area contributed by atoms with E-state index in [4.69, 9.17) is 4.98 Å². The van der Waals surface area contributed by atoms with Gasteiger partial charge in [0.2, 0.25) is 5.43 Å². The molecule has 1 aliphatic heterocycles. The number of aryl methyl sites for hydroxylation is 3. The van der Waals surface area contributed by atoms with Gasteiger partial charge in [-0.3, -0.25) is 43.2 Å². The molecule has 4 aromatic rings. The number of aliphatic carboxylic acids is 8. The molecular weight excluding hydrogens is 905 g/mol. The molecule has 0 aliphatic carbocycles. The van der Waals surface area contributed by atoms with Crippen LogP contribution in [0.2, 0.25) is 0 Å². The lowest BCUT2D eigenvalue weighted by molar-refractivity contribution is -0.138. The van der Waals surface area contributed by atoms with E-state index in [2.05, 4.69) is 15.0 Å². The molecule has 4 aromatic heterocycles. The second-order valence-corrected chi connectivity index (χ2v) is 16.9. The molecule has 21 nitrogen and oxygen atoms in total. The summed E-state index contributed by atoms with van der Waals surface area (Å²) < 4.78 is 0. The second kappa shape index (κ2) is 23.7. The van der Waals surface area contributed by atoms with Crippen LogP contribution in [0.5, 0.6) is 0 Å². The SMILES string of the molecule is O=C(O)CCCCC1=C(CC(=O)O)c2cc3[nH]c(cc4[nH]c(cc5[nH]c(c(CC(=O)O)c5CCCCC(=O)O)c(=O)c1n2)c(CCCCC(=O)O)c4CC(=O)O)c(CC(=O)O)c3CCCCC(=O)O. The zero-order chi connectivity index (χ0) is 50.5. The van der Waals surface area contributed by atoms with Gasteiger partial charge >= 0.3 is 47.8 Å². The Morgan fingerprint density at radius 1 is 0.377 bits per heavy atom. The summed E-state index contributed by atoms with van der Waals surface area (Å²) in [6.45, 7) is 0. The van der Waals surface area contributed by atoms with E-state index in [-0.39, 0.29) is 175 Å². The Hall–Kier alpha value is -7.84.